The van der Waals surface area contributed by atoms with E-state index in [0.717, 1.165) is 6.26 Å². The second-order valence-corrected chi connectivity index (χ2v) is 4.41. The molecule has 19 heavy (non-hydrogen) atoms. The SMILES string of the molecule is CC1=NN(C(=O)c2cocc2C)[C@@](O)(C(F)(F)F)C1. The topological polar surface area (TPSA) is 66.0 Å². The van der Waals surface area contributed by atoms with Crippen LogP contribution in [-0.4, -0.2) is 33.6 Å². The van der Waals surface area contributed by atoms with Gasteiger partial charge in [-0.2, -0.15) is 23.3 Å². The van der Waals surface area contributed by atoms with Gasteiger partial charge in [0.15, 0.2) is 0 Å². The van der Waals surface area contributed by atoms with Crippen molar-refractivity contribution in [1.82, 2.24) is 5.01 Å². The van der Waals surface area contributed by atoms with Gasteiger partial charge in [-0.05, 0) is 13.8 Å². The van der Waals surface area contributed by atoms with Gasteiger partial charge in [0, 0.05) is 17.7 Å². The molecule has 1 aromatic heterocycles. The van der Waals surface area contributed by atoms with Gasteiger partial charge in [0.05, 0.1) is 11.8 Å². The molecular weight excluding hydrogens is 265 g/mol. The Morgan fingerprint density at radius 1 is 1.47 bits per heavy atom. The van der Waals surface area contributed by atoms with Crippen LogP contribution in [0.5, 0.6) is 0 Å². The van der Waals surface area contributed by atoms with Gasteiger partial charge >= 0.3 is 6.18 Å². The Kier molecular flexibility index (Phi) is 2.93. The normalized spacial score (nSPS) is 23.7. The highest BCUT2D eigenvalue weighted by Gasteiger charge is 2.62. The van der Waals surface area contributed by atoms with E-state index < -0.39 is 24.2 Å². The molecule has 0 aromatic carbocycles. The lowest BCUT2D eigenvalue weighted by atomic mass is 10.1. The molecule has 1 N–H and O–H groups in total. The molecule has 0 unspecified atom stereocenters. The fourth-order valence-electron chi connectivity index (χ4n) is 1.85. The van der Waals surface area contributed by atoms with E-state index in [1.807, 2.05) is 0 Å². The fraction of sp³-hybridized carbons (Fsp3) is 0.455. The van der Waals surface area contributed by atoms with Crippen LogP contribution >= 0.6 is 0 Å². The Morgan fingerprint density at radius 2 is 2.11 bits per heavy atom. The zero-order valence-electron chi connectivity index (χ0n) is 10.2. The van der Waals surface area contributed by atoms with Crippen molar-refractivity contribution in [3.05, 3.63) is 23.7 Å². The first-order chi connectivity index (χ1) is 8.67. The van der Waals surface area contributed by atoms with Crippen LogP contribution in [-0.2, 0) is 0 Å². The highest BCUT2D eigenvalue weighted by molar-refractivity contribution is 5.98. The molecule has 0 fully saturated rings. The Bertz CT molecular complexity index is 550. The number of alkyl halides is 3. The molecule has 8 heteroatoms. The lowest BCUT2D eigenvalue weighted by Gasteiger charge is -2.32. The smallest absolute Gasteiger partial charge is 0.438 e. The summed E-state index contributed by atoms with van der Waals surface area (Å²) in [6.07, 6.45) is -3.51. The average Bonchev–Trinajstić information content (AvgIpc) is 2.81. The zero-order valence-corrected chi connectivity index (χ0v) is 10.2. The van der Waals surface area contributed by atoms with Crippen LogP contribution < -0.4 is 0 Å². The van der Waals surface area contributed by atoms with Crippen LogP contribution in [0.15, 0.2) is 22.0 Å². The Morgan fingerprint density at radius 3 is 2.58 bits per heavy atom. The average molecular weight is 276 g/mol. The molecule has 2 rings (SSSR count). The Hall–Kier alpha value is -1.83. The van der Waals surface area contributed by atoms with E-state index in [4.69, 9.17) is 4.42 Å². The summed E-state index contributed by atoms with van der Waals surface area (Å²) in [5, 5.41) is 13.3. The quantitative estimate of drug-likeness (QED) is 0.853. The molecule has 1 aliphatic rings. The minimum Gasteiger partial charge on any atom is -0.471 e. The van der Waals surface area contributed by atoms with E-state index in [2.05, 4.69) is 5.10 Å². The second-order valence-electron chi connectivity index (χ2n) is 4.41. The number of carbonyl (C=O) groups is 1. The number of rotatable bonds is 1. The zero-order chi connectivity index (χ0) is 14.4. The maximum Gasteiger partial charge on any atom is 0.438 e. The lowest BCUT2D eigenvalue weighted by molar-refractivity contribution is -0.297. The highest BCUT2D eigenvalue weighted by Crippen LogP contribution is 2.41. The van der Waals surface area contributed by atoms with Crippen molar-refractivity contribution in [3.63, 3.8) is 0 Å². The van der Waals surface area contributed by atoms with Crippen molar-refractivity contribution in [2.45, 2.75) is 32.2 Å². The van der Waals surface area contributed by atoms with Gasteiger partial charge in [-0.3, -0.25) is 4.79 Å². The lowest BCUT2D eigenvalue weighted by Crippen LogP contribution is -2.56. The summed E-state index contributed by atoms with van der Waals surface area (Å²) in [6.45, 7) is 2.82. The number of aryl methyl sites for hydroxylation is 1. The van der Waals surface area contributed by atoms with Crippen molar-refractivity contribution < 1.29 is 27.5 Å². The minimum atomic E-state index is -5.00. The van der Waals surface area contributed by atoms with Gasteiger partial charge in [0.2, 0.25) is 0 Å². The maximum atomic E-state index is 12.9. The first kappa shape index (κ1) is 13.6. The van der Waals surface area contributed by atoms with Crippen LogP contribution in [0.4, 0.5) is 13.2 Å². The molecule has 0 saturated carbocycles. The molecule has 0 bridgehead atoms. The summed E-state index contributed by atoms with van der Waals surface area (Å²) in [4.78, 5) is 12.0. The van der Waals surface area contributed by atoms with Gasteiger partial charge in [-0.1, -0.05) is 0 Å². The van der Waals surface area contributed by atoms with Crippen molar-refractivity contribution in [3.8, 4) is 0 Å². The van der Waals surface area contributed by atoms with Crippen LogP contribution in [0.1, 0.15) is 29.3 Å². The number of hydrogen-bond donors (Lipinski definition) is 1. The highest BCUT2D eigenvalue weighted by atomic mass is 19.4. The van der Waals surface area contributed by atoms with Gasteiger partial charge < -0.3 is 9.52 Å². The van der Waals surface area contributed by atoms with E-state index in [1.54, 1.807) is 0 Å². The summed E-state index contributed by atoms with van der Waals surface area (Å²) in [7, 11) is 0. The molecule has 1 aliphatic heterocycles. The number of furan rings is 1. The molecule has 1 atom stereocenters. The van der Waals surface area contributed by atoms with Crippen LogP contribution in [0.2, 0.25) is 0 Å². The monoisotopic (exact) mass is 276 g/mol. The van der Waals surface area contributed by atoms with E-state index >= 15 is 0 Å². The maximum absolute atomic E-state index is 12.9. The fourth-order valence-corrected chi connectivity index (χ4v) is 1.85. The molecule has 2 heterocycles. The predicted molar refractivity (Wildman–Crippen MR) is 58.3 cm³/mol. The Balaban J connectivity index is 2.42. The van der Waals surface area contributed by atoms with Crippen molar-refractivity contribution in [1.29, 1.82) is 0 Å². The standard InChI is InChI=1S/C11H11F3N2O3/c1-6-4-19-5-8(6)9(17)16-10(18,11(12,13)14)3-7(2)15-16/h4-5,18H,3H2,1-2H3/t10-/m0/s1. The number of aliphatic hydroxyl groups is 1. The number of carbonyl (C=O) groups excluding carboxylic acids is 1. The van der Waals surface area contributed by atoms with E-state index in [9.17, 15) is 23.1 Å². The summed E-state index contributed by atoms with van der Waals surface area (Å²) in [6, 6.07) is 0. The van der Waals surface area contributed by atoms with Gasteiger partial charge in [0.25, 0.3) is 11.6 Å². The third-order valence-electron chi connectivity index (χ3n) is 2.86. The molecule has 0 spiro atoms. The van der Waals surface area contributed by atoms with E-state index in [-0.39, 0.29) is 16.3 Å². The van der Waals surface area contributed by atoms with E-state index in [1.165, 1.54) is 20.1 Å². The molecular formula is C11H11F3N2O3. The molecule has 1 amide bonds. The van der Waals surface area contributed by atoms with Crippen LogP contribution in [0, 0.1) is 6.92 Å². The molecule has 104 valence electrons. The van der Waals surface area contributed by atoms with Gasteiger partial charge in [0.1, 0.15) is 6.26 Å². The van der Waals surface area contributed by atoms with Crippen molar-refractivity contribution >= 4 is 11.6 Å². The summed E-state index contributed by atoms with van der Waals surface area (Å²) in [5.74, 6) is -1.05. The molecule has 0 radical (unpaired) electrons. The minimum absolute atomic E-state index is 0.0225. The van der Waals surface area contributed by atoms with Crippen LogP contribution in [0.25, 0.3) is 0 Å². The predicted octanol–water partition coefficient (Wildman–Crippen LogP) is 2.06. The van der Waals surface area contributed by atoms with Crippen LogP contribution in [0.3, 0.4) is 0 Å². The van der Waals surface area contributed by atoms with Gasteiger partial charge in [-0.25, -0.2) is 0 Å². The van der Waals surface area contributed by atoms with Gasteiger partial charge in [-0.15, -0.1) is 0 Å². The molecule has 5 nitrogen and oxygen atoms in total. The largest absolute Gasteiger partial charge is 0.471 e. The first-order valence-electron chi connectivity index (χ1n) is 5.37. The third kappa shape index (κ3) is 2.01. The first-order valence-corrected chi connectivity index (χ1v) is 5.37. The number of halogens is 3. The number of nitrogens with zero attached hydrogens (tertiary/aromatic N) is 2. The number of hydrazone groups is 1. The summed E-state index contributed by atoms with van der Waals surface area (Å²) >= 11 is 0. The van der Waals surface area contributed by atoms with Crippen molar-refractivity contribution in [2.75, 3.05) is 0 Å². The molecule has 0 saturated heterocycles. The summed E-state index contributed by atoms with van der Waals surface area (Å²) < 4.78 is 43.5. The van der Waals surface area contributed by atoms with E-state index in [0.29, 0.717) is 5.56 Å². The number of hydrogen-bond acceptors (Lipinski definition) is 4. The third-order valence-corrected chi connectivity index (χ3v) is 2.86. The number of amides is 1. The Labute approximate surface area is 106 Å². The summed E-state index contributed by atoms with van der Waals surface area (Å²) in [5.41, 5.74) is -2.98. The molecule has 1 aromatic rings. The van der Waals surface area contributed by atoms with Crippen molar-refractivity contribution in [2.24, 2.45) is 5.10 Å². The second kappa shape index (κ2) is 4.09. The molecule has 0 aliphatic carbocycles.